The van der Waals surface area contributed by atoms with E-state index in [0.717, 1.165) is 16.5 Å². The molecule has 1 N–H and O–H groups in total. The Morgan fingerprint density at radius 3 is 2.71 bits per heavy atom. The molecule has 2 rings (SSSR count). The van der Waals surface area contributed by atoms with Crippen LogP contribution in [0.3, 0.4) is 0 Å². The van der Waals surface area contributed by atoms with E-state index in [9.17, 15) is 4.79 Å². The minimum absolute atomic E-state index is 0.149. The van der Waals surface area contributed by atoms with Gasteiger partial charge in [0.15, 0.2) is 0 Å². The molecule has 1 amide bonds. The van der Waals surface area contributed by atoms with E-state index in [2.05, 4.69) is 0 Å². The lowest BCUT2D eigenvalue weighted by Gasteiger charge is -2.10. The second-order valence-corrected chi connectivity index (χ2v) is 3.63. The molecule has 0 aromatic heterocycles. The Morgan fingerprint density at radius 2 is 1.94 bits per heavy atom. The number of carbonyl (C=O) groups is 1. The highest BCUT2D eigenvalue weighted by atomic mass is 16.5. The zero-order valence-electron chi connectivity index (χ0n) is 9.24. The summed E-state index contributed by atoms with van der Waals surface area (Å²) in [7, 11) is 0. The molecule has 4 nitrogen and oxygen atoms in total. The zero-order valence-corrected chi connectivity index (χ0v) is 9.24. The first-order chi connectivity index (χ1) is 8.29. The number of rotatable bonds is 5. The third kappa shape index (κ3) is 2.95. The fraction of sp³-hybridized carbons (Fsp3) is 0.154. The Kier molecular flexibility index (Phi) is 3.57. The fourth-order valence-corrected chi connectivity index (χ4v) is 1.57. The van der Waals surface area contributed by atoms with E-state index in [4.69, 9.17) is 9.94 Å². The molecule has 0 saturated heterocycles. The molecule has 0 spiro atoms. The molecule has 0 aliphatic carbocycles. The molecule has 0 radical (unpaired) electrons. The first kappa shape index (κ1) is 11.4. The molecule has 0 aliphatic heterocycles. The van der Waals surface area contributed by atoms with Crippen LogP contribution in [-0.4, -0.2) is 29.8 Å². The number of hydrogen-bond donors (Lipinski definition) is 1. The number of amides is 1. The number of nitrogens with zero attached hydrogens (tertiary/aromatic N) is 1. The molecule has 4 heteroatoms. The molecule has 2 aromatic rings. The molecule has 0 saturated carbocycles. The topological polar surface area (TPSA) is 49.8 Å². The number of ether oxygens (including phenoxy) is 1. The highest BCUT2D eigenvalue weighted by molar-refractivity contribution is 5.83. The van der Waals surface area contributed by atoms with Gasteiger partial charge < -0.3 is 4.74 Å². The second-order valence-electron chi connectivity index (χ2n) is 3.63. The van der Waals surface area contributed by atoms with E-state index >= 15 is 0 Å². The smallest absolute Gasteiger partial charge is 0.233 e. The van der Waals surface area contributed by atoms with E-state index in [0.29, 0.717) is 11.5 Å². The van der Waals surface area contributed by atoms with E-state index in [-0.39, 0.29) is 13.2 Å². The lowest BCUT2D eigenvalue weighted by molar-refractivity contribution is -0.150. The number of carbonyl (C=O) groups excluding carboxylic acids is 1. The number of hydrogen-bond acceptors (Lipinski definition) is 3. The molecule has 0 aliphatic rings. The minimum atomic E-state index is 0.149. The van der Waals surface area contributed by atoms with Gasteiger partial charge in [0, 0.05) is 0 Å². The lowest BCUT2D eigenvalue weighted by Crippen LogP contribution is -2.23. The third-order valence-corrected chi connectivity index (χ3v) is 2.43. The summed E-state index contributed by atoms with van der Waals surface area (Å²) in [6, 6.07) is 13.8. The first-order valence-electron chi connectivity index (χ1n) is 5.32. The minimum Gasteiger partial charge on any atom is -0.492 e. The van der Waals surface area contributed by atoms with E-state index < -0.39 is 0 Å². The zero-order chi connectivity index (χ0) is 12.1. The molecule has 0 atom stereocenters. The van der Waals surface area contributed by atoms with Crippen molar-refractivity contribution in [2.45, 2.75) is 0 Å². The average molecular weight is 231 g/mol. The van der Waals surface area contributed by atoms with Gasteiger partial charge in [-0.15, -0.1) is 0 Å². The van der Waals surface area contributed by atoms with Crippen LogP contribution in [0.1, 0.15) is 0 Å². The van der Waals surface area contributed by atoms with Crippen molar-refractivity contribution in [2.24, 2.45) is 0 Å². The lowest BCUT2D eigenvalue weighted by atomic mass is 10.1. The number of hydroxylamine groups is 2. The van der Waals surface area contributed by atoms with Crippen molar-refractivity contribution >= 4 is 17.2 Å². The van der Waals surface area contributed by atoms with Crippen LogP contribution in [0.2, 0.25) is 0 Å². The van der Waals surface area contributed by atoms with Crippen molar-refractivity contribution in [3.05, 3.63) is 42.5 Å². The van der Waals surface area contributed by atoms with Crippen molar-refractivity contribution in [1.82, 2.24) is 5.06 Å². The normalized spacial score (nSPS) is 10.2. The van der Waals surface area contributed by atoms with Gasteiger partial charge >= 0.3 is 0 Å². The van der Waals surface area contributed by atoms with Crippen LogP contribution in [-0.2, 0) is 4.79 Å². The monoisotopic (exact) mass is 231 g/mol. The summed E-state index contributed by atoms with van der Waals surface area (Å²) >= 11 is 0. The van der Waals surface area contributed by atoms with Gasteiger partial charge in [0.1, 0.15) is 12.4 Å². The number of benzene rings is 2. The highest BCUT2D eigenvalue weighted by Crippen LogP contribution is 2.20. The fourth-order valence-electron chi connectivity index (χ4n) is 1.57. The maximum atomic E-state index is 10.1. The van der Waals surface area contributed by atoms with Gasteiger partial charge in [-0.05, 0) is 22.9 Å². The second kappa shape index (κ2) is 5.32. The SMILES string of the molecule is O=CN(O)CCOc1ccc2ccccc2c1. The van der Waals surface area contributed by atoms with Crippen molar-refractivity contribution in [3.63, 3.8) is 0 Å². The molecule has 0 heterocycles. The van der Waals surface area contributed by atoms with Crippen molar-refractivity contribution < 1.29 is 14.7 Å². The van der Waals surface area contributed by atoms with Crippen LogP contribution in [0, 0.1) is 0 Å². The molecular formula is C13H13NO3. The Hall–Kier alpha value is -2.07. The Bertz CT molecular complexity index is 513. The molecular weight excluding hydrogens is 218 g/mol. The number of fused-ring (bicyclic) bond motifs is 1. The van der Waals surface area contributed by atoms with Gasteiger partial charge in [-0.2, -0.15) is 0 Å². The van der Waals surface area contributed by atoms with Crippen LogP contribution in [0.15, 0.2) is 42.5 Å². The highest BCUT2D eigenvalue weighted by Gasteiger charge is 1.99. The standard InChI is InChI=1S/C13H13NO3/c15-10-14(16)7-8-17-13-6-5-11-3-1-2-4-12(11)9-13/h1-6,9-10,16H,7-8H2. The summed E-state index contributed by atoms with van der Waals surface area (Å²) in [6.07, 6.45) is 0.351. The summed E-state index contributed by atoms with van der Waals surface area (Å²) in [5, 5.41) is 11.7. The summed E-state index contributed by atoms with van der Waals surface area (Å²) in [4.78, 5) is 10.1. The van der Waals surface area contributed by atoms with E-state index in [1.54, 1.807) is 0 Å². The van der Waals surface area contributed by atoms with Gasteiger partial charge in [0.05, 0.1) is 6.54 Å². The van der Waals surface area contributed by atoms with Crippen LogP contribution in [0.25, 0.3) is 10.8 Å². The van der Waals surface area contributed by atoms with Crippen LogP contribution < -0.4 is 4.74 Å². The van der Waals surface area contributed by atoms with Gasteiger partial charge in [-0.1, -0.05) is 30.3 Å². The average Bonchev–Trinajstić information content (AvgIpc) is 2.38. The van der Waals surface area contributed by atoms with Gasteiger partial charge in [-0.25, -0.2) is 5.06 Å². The van der Waals surface area contributed by atoms with E-state index in [1.807, 2.05) is 42.5 Å². The van der Waals surface area contributed by atoms with Crippen LogP contribution >= 0.6 is 0 Å². The maximum Gasteiger partial charge on any atom is 0.233 e. The van der Waals surface area contributed by atoms with Gasteiger partial charge in [0.25, 0.3) is 0 Å². The summed E-state index contributed by atoms with van der Waals surface area (Å²) in [6.45, 7) is 0.407. The van der Waals surface area contributed by atoms with Crippen molar-refractivity contribution in [2.75, 3.05) is 13.2 Å². The maximum absolute atomic E-state index is 10.1. The van der Waals surface area contributed by atoms with Gasteiger partial charge in [-0.3, -0.25) is 10.0 Å². The van der Waals surface area contributed by atoms with Crippen LogP contribution in [0.5, 0.6) is 5.75 Å². The third-order valence-electron chi connectivity index (χ3n) is 2.43. The Morgan fingerprint density at radius 1 is 1.18 bits per heavy atom. The Balaban J connectivity index is 2.02. The predicted molar refractivity (Wildman–Crippen MR) is 64.0 cm³/mol. The van der Waals surface area contributed by atoms with Crippen LogP contribution in [0.4, 0.5) is 0 Å². The van der Waals surface area contributed by atoms with Crippen molar-refractivity contribution in [3.8, 4) is 5.75 Å². The molecule has 0 fully saturated rings. The quantitative estimate of drug-likeness (QED) is 0.487. The molecule has 17 heavy (non-hydrogen) atoms. The largest absolute Gasteiger partial charge is 0.492 e. The molecule has 0 bridgehead atoms. The molecule has 2 aromatic carbocycles. The molecule has 88 valence electrons. The summed E-state index contributed by atoms with van der Waals surface area (Å²) in [5.41, 5.74) is 0. The summed E-state index contributed by atoms with van der Waals surface area (Å²) < 4.78 is 5.43. The van der Waals surface area contributed by atoms with E-state index in [1.165, 1.54) is 0 Å². The predicted octanol–water partition coefficient (Wildman–Crippen LogP) is 2.07. The van der Waals surface area contributed by atoms with Gasteiger partial charge in [0.2, 0.25) is 6.41 Å². The first-order valence-corrected chi connectivity index (χ1v) is 5.32. The molecule has 0 unspecified atom stereocenters. The Labute approximate surface area is 99.0 Å². The summed E-state index contributed by atoms with van der Waals surface area (Å²) in [5.74, 6) is 0.725. The van der Waals surface area contributed by atoms with Crippen molar-refractivity contribution in [1.29, 1.82) is 0 Å².